The van der Waals surface area contributed by atoms with Crippen LogP contribution in [0.5, 0.6) is 0 Å². The Labute approximate surface area is 119 Å². The van der Waals surface area contributed by atoms with E-state index < -0.39 is 0 Å². The van der Waals surface area contributed by atoms with Gasteiger partial charge in [-0.2, -0.15) is 0 Å². The maximum absolute atomic E-state index is 11.5. The maximum Gasteiger partial charge on any atom is 0.263 e. The summed E-state index contributed by atoms with van der Waals surface area (Å²) in [6.07, 6.45) is 1.70. The molecule has 0 unspecified atom stereocenters. The molecule has 1 fully saturated rings. The van der Waals surface area contributed by atoms with Gasteiger partial charge in [-0.1, -0.05) is 54.3 Å². The van der Waals surface area contributed by atoms with E-state index in [0.717, 1.165) is 11.3 Å². The molecule has 1 N–H and O–H groups in total. The molecule has 0 atom stereocenters. The van der Waals surface area contributed by atoms with Crippen LogP contribution in [0, 0.1) is 0 Å². The van der Waals surface area contributed by atoms with Crippen molar-refractivity contribution in [3.63, 3.8) is 0 Å². The van der Waals surface area contributed by atoms with Crippen LogP contribution in [0.4, 0.5) is 0 Å². The lowest BCUT2D eigenvalue weighted by molar-refractivity contribution is -0.115. The SMILES string of the molecule is O=C1NC(=S)S/C1=C\c1ccc(-c2ccccc2)o1. The van der Waals surface area contributed by atoms with Gasteiger partial charge in [-0.25, -0.2) is 0 Å². The Balaban J connectivity index is 1.89. The molecular weight excluding hydrogens is 278 g/mol. The molecule has 0 spiro atoms. The molecule has 1 aromatic carbocycles. The van der Waals surface area contributed by atoms with Crippen molar-refractivity contribution < 1.29 is 9.21 Å². The predicted molar refractivity (Wildman–Crippen MR) is 80.5 cm³/mol. The lowest BCUT2D eigenvalue weighted by atomic mass is 10.2. The van der Waals surface area contributed by atoms with Crippen LogP contribution in [-0.2, 0) is 4.79 Å². The standard InChI is InChI=1S/C14H9NO2S2/c16-13-12(19-14(18)15-13)8-10-6-7-11(17-10)9-4-2-1-3-5-9/h1-8H,(H,15,16,18)/b12-8-. The number of rotatable bonds is 2. The number of carbonyl (C=O) groups excluding carboxylic acids is 1. The molecule has 0 saturated carbocycles. The van der Waals surface area contributed by atoms with Gasteiger partial charge in [0.25, 0.3) is 5.91 Å². The van der Waals surface area contributed by atoms with E-state index in [9.17, 15) is 4.79 Å². The second-order valence-corrected chi connectivity index (χ2v) is 5.64. The van der Waals surface area contributed by atoms with E-state index in [-0.39, 0.29) is 5.91 Å². The van der Waals surface area contributed by atoms with Crippen LogP contribution in [0.15, 0.2) is 51.8 Å². The van der Waals surface area contributed by atoms with E-state index in [2.05, 4.69) is 5.32 Å². The molecule has 1 aromatic heterocycles. The highest BCUT2D eigenvalue weighted by molar-refractivity contribution is 8.26. The first-order chi connectivity index (χ1) is 9.22. The minimum absolute atomic E-state index is 0.173. The van der Waals surface area contributed by atoms with Gasteiger partial charge in [0.1, 0.15) is 15.8 Å². The van der Waals surface area contributed by atoms with Crippen molar-refractivity contribution in [1.29, 1.82) is 0 Å². The van der Waals surface area contributed by atoms with Gasteiger partial charge in [-0.05, 0) is 12.1 Å². The van der Waals surface area contributed by atoms with Gasteiger partial charge in [0.05, 0.1) is 4.91 Å². The van der Waals surface area contributed by atoms with Gasteiger partial charge in [-0.3, -0.25) is 4.79 Å². The Hall–Kier alpha value is -1.85. The molecule has 5 heteroatoms. The van der Waals surface area contributed by atoms with E-state index in [1.165, 1.54) is 11.8 Å². The highest BCUT2D eigenvalue weighted by Gasteiger charge is 2.22. The quantitative estimate of drug-likeness (QED) is 0.678. The molecule has 3 nitrogen and oxygen atoms in total. The Morgan fingerprint density at radius 3 is 2.63 bits per heavy atom. The summed E-state index contributed by atoms with van der Waals surface area (Å²) in [6.45, 7) is 0. The third-order valence-corrected chi connectivity index (χ3v) is 3.76. The minimum atomic E-state index is -0.173. The van der Waals surface area contributed by atoms with Crippen molar-refractivity contribution in [3.8, 4) is 11.3 Å². The average Bonchev–Trinajstić information content (AvgIpc) is 2.99. The topological polar surface area (TPSA) is 42.2 Å². The molecule has 3 rings (SSSR count). The zero-order valence-corrected chi connectivity index (χ0v) is 11.4. The lowest BCUT2D eigenvalue weighted by Gasteiger charge is -1.95. The van der Waals surface area contributed by atoms with E-state index in [0.29, 0.717) is 15.0 Å². The third-order valence-electron chi connectivity index (χ3n) is 2.60. The fraction of sp³-hybridized carbons (Fsp3) is 0. The predicted octanol–water partition coefficient (Wildman–Crippen LogP) is 3.44. The smallest absolute Gasteiger partial charge is 0.263 e. The van der Waals surface area contributed by atoms with E-state index in [4.69, 9.17) is 16.6 Å². The molecular formula is C14H9NO2S2. The summed E-state index contributed by atoms with van der Waals surface area (Å²) < 4.78 is 6.18. The van der Waals surface area contributed by atoms with Gasteiger partial charge in [0, 0.05) is 11.6 Å². The van der Waals surface area contributed by atoms with Crippen LogP contribution in [0.1, 0.15) is 5.76 Å². The van der Waals surface area contributed by atoms with Crippen LogP contribution in [0.25, 0.3) is 17.4 Å². The number of hydrogen-bond acceptors (Lipinski definition) is 4. The van der Waals surface area contributed by atoms with E-state index in [1.807, 2.05) is 42.5 Å². The second kappa shape index (κ2) is 5.03. The number of hydrogen-bond donors (Lipinski definition) is 1. The highest BCUT2D eigenvalue weighted by atomic mass is 32.2. The number of thiocarbonyl (C=S) groups is 1. The van der Waals surface area contributed by atoms with Crippen molar-refractivity contribution in [1.82, 2.24) is 5.32 Å². The number of amides is 1. The average molecular weight is 287 g/mol. The molecule has 19 heavy (non-hydrogen) atoms. The summed E-state index contributed by atoms with van der Waals surface area (Å²) in [5.41, 5.74) is 1.01. The molecule has 0 aliphatic carbocycles. The van der Waals surface area contributed by atoms with Crippen molar-refractivity contribution in [2.75, 3.05) is 0 Å². The Bertz CT molecular complexity index is 674. The molecule has 1 amide bonds. The number of benzene rings is 1. The fourth-order valence-electron chi connectivity index (χ4n) is 1.74. The van der Waals surface area contributed by atoms with Crippen LogP contribution in [-0.4, -0.2) is 10.2 Å². The molecule has 1 saturated heterocycles. The fourth-order valence-corrected chi connectivity index (χ4v) is 2.76. The number of nitrogens with one attached hydrogen (secondary N) is 1. The zero-order chi connectivity index (χ0) is 13.2. The maximum atomic E-state index is 11.5. The van der Waals surface area contributed by atoms with Gasteiger partial charge in [0.2, 0.25) is 0 Å². The van der Waals surface area contributed by atoms with Gasteiger partial charge >= 0.3 is 0 Å². The summed E-state index contributed by atoms with van der Waals surface area (Å²) in [5, 5.41) is 2.57. The Morgan fingerprint density at radius 1 is 1.16 bits per heavy atom. The molecule has 2 heterocycles. The van der Waals surface area contributed by atoms with Crippen LogP contribution in [0.3, 0.4) is 0 Å². The first kappa shape index (κ1) is 12.2. The number of furan rings is 1. The number of thioether (sulfide) groups is 1. The third kappa shape index (κ3) is 2.62. The summed E-state index contributed by atoms with van der Waals surface area (Å²) in [7, 11) is 0. The second-order valence-electron chi connectivity index (χ2n) is 3.92. The van der Waals surface area contributed by atoms with Gasteiger partial charge < -0.3 is 9.73 Å². The molecule has 0 radical (unpaired) electrons. The van der Waals surface area contributed by atoms with Crippen molar-refractivity contribution >= 4 is 40.3 Å². The summed E-state index contributed by atoms with van der Waals surface area (Å²) in [6, 6.07) is 13.5. The Kier molecular flexibility index (Phi) is 3.23. The highest BCUT2D eigenvalue weighted by Crippen LogP contribution is 2.28. The monoisotopic (exact) mass is 287 g/mol. The molecule has 94 valence electrons. The Morgan fingerprint density at radius 2 is 1.95 bits per heavy atom. The van der Waals surface area contributed by atoms with Crippen LogP contribution < -0.4 is 5.32 Å². The normalized spacial score (nSPS) is 16.9. The van der Waals surface area contributed by atoms with Crippen molar-refractivity contribution in [3.05, 3.63) is 53.1 Å². The van der Waals surface area contributed by atoms with Crippen LogP contribution >= 0.6 is 24.0 Å². The van der Waals surface area contributed by atoms with Crippen LogP contribution in [0.2, 0.25) is 0 Å². The number of carbonyl (C=O) groups is 1. The molecule has 1 aliphatic heterocycles. The summed E-state index contributed by atoms with van der Waals surface area (Å²) in [4.78, 5) is 12.1. The van der Waals surface area contributed by atoms with Crippen molar-refractivity contribution in [2.24, 2.45) is 0 Å². The summed E-state index contributed by atoms with van der Waals surface area (Å²) in [5.74, 6) is 1.24. The first-order valence-electron chi connectivity index (χ1n) is 5.62. The first-order valence-corrected chi connectivity index (χ1v) is 6.85. The zero-order valence-electron chi connectivity index (χ0n) is 9.75. The van der Waals surface area contributed by atoms with E-state index in [1.54, 1.807) is 6.08 Å². The molecule has 2 aromatic rings. The van der Waals surface area contributed by atoms with Crippen molar-refractivity contribution in [2.45, 2.75) is 0 Å². The summed E-state index contributed by atoms with van der Waals surface area (Å²) >= 11 is 6.18. The van der Waals surface area contributed by atoms with Gasteiger partial charge in [0.15, 0.2) is 0 Å². The van der Waals surface area contributed by atoms with E-state index >= 15 is 0 Å². The molecule has 1 aliphatic rings. The molecule has 0 bridgehead atoms. The minimum Gasteiger partial charge on any atom is -0.457 e. The largest absolute Gasteiger partial charge is 0.457 e. The van der Waals surface area contributed by atoms with Gasteiger partial charge in [-0.15, -0.1) is 0 Å². The lowest BCUT2D eigenvalue weighted by Crippen LogP contribution is -2.17.